The molecule has 0 saturated heterocycles. The zero-order valence-electron chi connectivity index (χ0n) is 11.0. The number of carboxylic acid groups (broad SMARTS) is 1. The first-order valence-corrected chi connectivity index (χ1v) is 6.13. The van der Waals surface area contributed by atoms with E-state index >= 15 is 0 Å². The first-order chi connectivity index (χ1) is 8.97. The van der Waals surface area contributed by atoms with E-state index in [1.807, 2.05) is 6.92 Å². The van der Waals surface area contributed by atoms with Crippen LogP contribution < -0.4 is 5.32 Å². The van der Waals surface area contributed by atoms with Gasteiger partial charge in [0.1, 0.15) is 5.69 Å². The van der Waals surface area contributed by atoms with Crippen molar-refractivity contribution in [1.82, 2.24) is 9.78 Å². The first kappa shape index (κ1) is 14.9. The molecule has 2 N–H and O–H groups in total. The van der Waals surface area contributed by atoms with Crippen LogP contribution in [0.25, 0.3) is 0 Å². The Labute approximate surface area is 110 Å². The van der Waals surface area contributed by atoms with E-state index in [0.29, 0.717) is 30.9 Å². The minimum Gasteiger partial charge on any atom is -0.481 e. The zero-order valence-corrected chi connectivity index (χ0v) is 11.0. The third-order valence-corrected chi connectivity index (χ3v) is 2.62. The summed E-state index contributed by atoms with van der Waals surface area (Å²) in [7, 11) is 1.63. The van der Waals surface area contributed by atoms with Crippen molar-refractivity contribution in [2.45, 2.75) is 32.6 Å². The van der Waals surface area contributed by atoms with E-state index in [9.17, 15) is 14.9 Å². The maximum absolute atomic E-state index is 11.1. The summed E-state index contributed by atoms with van der Waals surface area (Å²) in [5.74, 6) is -0.549. The predicted molar refractivity (Wildman–Crippen MR) is 69.2 cm³/mol. The van der Waals surface area contributed by atoms with E-state index in [4.69, 9.17) is 5.11 Å². The summed E-state index contributed by atoms with van der Waals surface area (Å²) in [4.78, 5) is 21.0. The largest absolute Gasteiger partial charge is 0.481 e. The lowest BCUT2D eigenvalue weighted by molar-refractivity contribution is -0.384. The summed E-state index contributed by atoms with van der Waals surface area (Å²) >= 11 is 0. The van der Waals surface area contributed by atoms with Gasteiger partial charge >= 0.3 is 11.7 Å². The Bertz CT molecular complexity index is 470. The van der Waals surface area contributed by atoms with E-state index in [-0.39, 0.29) is 12.1 Å². The lowest BCUT2D eigenvalue weighted by Gasteiger charge is -2.04. The van der Waals surface area contributed by atoms with Crippen LogP contribution in [0.1, 0.15) is 31.9 Å². The molecule has 8 nitrogen and oxygen atoms in total. The van der Waals surface area contributed by atoms with Crippen molar-refractivity contribution in [3.63, 3.8) is 0 Å². The van der Waals surface area contributed by atoms with E-state index in [0.717, 1.165) is 6.42 Å². The summed E-state index contributed by atoms with van der Waals surface area (Å²) < 4.78 is 1.43. The molecule has 1 aromatic rings. The Morgan fingerprint density at radius 1 is 1.58 bits per heavy atom. The van der Waals surface area contributed by atoms with Gasteiger partial charge in [-0.15, -0.1) is 0 Å². The molecule has 0 aromatic carbocycles. The summed E-state index contributed by atoms with van der Waals surface area (Å²) in [6.45, 7) is 2.29. The second-order valence-corrected chi connectivity index (χ2v) is 4.20. The molecule has 0 aliphatic heterocycles. The Hall–Kier alpha value is -2.12. The molecule has 8 heteroatoms. The van der Waals surface area contributed by atoms with E-state index in [1.165, 1.54) is 4.68 Å². The molecule has 0 aliphatic rings. The van der Waals surface area contributed by atoms with Gasteiger partial charge < -0.3 is 10.4 Å². The molecule has 0 amide bonds. The molecule has 0 aliphatic carbocycles. The molecule has 0 bridgehead atoms. The van der Waals surface area contributed by atoms with Crippen LogP contribution in [0.4, 0.5) is 11.5 Å². The van der Waals surface area contributed by atoms with Crippen molar-refractivity contribution < 1.29 is 14.8 Å². The average molecular weight is 270 g/mol. The Morgan fingerprint density at radius 2 is 2.26 bits per heavy atom. The predicted octanol–water partition coefficient (Wildman–Crippen LogP) is 1.56. The number of nitrogens with zero attached hydrogens (tertiary/aromatic N) is 3. The number of hydrogen-bond donors (Lipinski definition) is 2. The highest BCUT2D eigenvalue weighted by atomic mass is 16.6. The highest BCUT2D eigenvalue weighted by Crippen LogP contribution is 2.28. The van der Waals surface area contributed by atoms with E-state index in [1.54, 1.807) is 7.05 Å². The number of anilines is 1. The smallest absolute Gasteiger partial charge is 0.333 e. The number of nitrogens with one attached hydrogen (secondary N) is 1. The van der Waals surface area contributed by atoms with Crippen molar-refractivity contribution in [1.29, 1.82) is 0 Å². The SMILES string of the molecule is CCCc1nn(C)c(NCCCC(=O)O)c1[N+](=O)[O-]. The maximum atomic E-state index is 11.1. The molecular formula is C11H18N4O4. The lowest BCUT2D eigenvalue weighted by atomic mass is 10.2. The molecule has 0 radical (unpaired) electrons. The normalized spacial score (nSPS) is 10.4. The first-order valence-electron chi connectivity index (χ1n) is 6.13. The van der Waals surface area contributed by atoms with Gasteiger partial charge in [-0.1, -0.05) is 13.3 Å². The average Bonchev–Trinajstić information content (AvgIpc) is 2.61. The number of carbonyl (C=O) groups is 1. The van der Waals surface area contributed by atoms with Gasteiger partial charge in [0.15, 0.2) is 0 Å². The number of aromatic nitrogens is 2. The van der Waals surface area contributed by atoms with Gasteiger partial charge in [-0.05, 0) is 12.8 Å². The molecule has 1 rings (SSSR count). The Kier molecular flexibility index (Phi) is 5.28. The van der Waals surface area contributed by atoms with Gasteiger partial charge in [0.2, 0.25) is 5.82 Å². The summed E-state index contributed by atoms with van der Waals surface area (Å²) in [6.07, 6.45) is 1.75. The van der Waals surface area contributed by atoms with Crippen molar-refractivity contribution in [2.24, 2.45) is 7.05 Å². The maximum Gasteiger partial charge on any atom is 0.333 e. The Morgan fingerprint density at radius 3 is 2.79 bits per heavy atom. The molecule has 1 aromatic heterocycles. The molecule has 106 valence electrons. The van der Waals surface area contributed by atoms with Crippen LogP contribution in [-0.2, 0) is 18.3 Å². The number of aliphatic carboxylic acids is 1. The second kappa shape index (κ2) is 6.72. The number of aryl methyl sites for hydroxylation is 2. The van der Waals surface area contributed by atoms with Crippen LogP contribution in [-0.4, -0.2) is 32.3 Å². The Balaban J connectivity index is 2.81. The van der Waals surface area contributed by atoms with Crippen molar-refractivity contribution in [3.05, 3.63) is 15.8 Å². The fraction of sp³-hybridized carbons (Fsp3) is 0.636. The van der Waals surface area contributed by atoms with Crippen LogP contribution in [0, 0.1) is 10.1 Å². The third kappa shape index (κ3) is 3.94. The third-order valence-electron chi connectivity index (χ3n) is 2.62. The summed E-state index contributed by atoms with van der Waals surface area (Å²) in [5.41, 5.74) is 0.440. The number of carboxylic acids is 1. The minimum absolute atomic E-state index is 0.0142. The number of nitro groups is 1. The highest BCUT2D eigenvalue weighted by Gasteiger charge is 2.25. The van der Waals surface area contributed by atoms with Crippen LogP contribution >= 0.6 is 0 Å². The highest BCUT2D eigenvalue weighted by molar-refractivity contribution is 5.66. The van der Waals surface area contributed by atoms with Crippen LogP contribution in [0.3, 0.4) is 0 Å². The molecule has 0 spiro atoms. The summed E-state index contributed by atoms with van der Waals surface area (Å²) in [5, 5.41) is 26.6. The fourth-order valence-electron chi connectivity index (χ4n) is 1.81. The molecule has 0 atom stereocenters. The topological polar surface area (TPSA) is 110 Å². The van der Waals surface area contributed by atoms with Gasteiger partial charge in [0.25, 0.3) is 0 Å². The van der Waals surface area contributed by atoms with Gasteiger partial charge in [-0.25, -0.2) is 4.68 Å². The molecular weight excluding hydrogens is 252 g/mol. The quantitative estimate of drug-likeness (QED) is 0.421. The van der Waals surface area contributed by atoms with Gasteiger partial charge in [-0.3, -0.25) is 14.9 Å². The van der Waals surface area contributed by atoms with Crippen LogP contribution in [0.5, 0.6) is 0 Å². The number of hydrogen-bond acceptors (Lipinski definition) is 5. The van der Waals surface area contributed by atoms with Crippen LogP contribution in [0.15, 0.2) is 0 Å². The lowest BCUT2D eigenvalue weighted by Crippen LogP contribution is -2.09. The van der Waals surface area contributed by atoms with Gasteiger partial charge in [0, 0.05) is 20.0 Å². The van der Waals surface area contributed by atoms with E-state index < -0.39 is 10.9 Å². The number of rotatable bonds is 8. The monoisotopic (exact) mass is 270 g/mol. The molecule has 0 saturated carbocycles. The molecule has 0 unspecified atom stereocenters. The zero-order chi connectivity index (χ0) is 14.4. The van der Waals surface area contributed by atoms with E-state index in [2.05, 4.69) is 10.4 Å². The second-order valence-electron chi connectivity index (χ2n) is 4.20. The van der Waals surface area contributed by atoms with Gasteiger partial charge in [-0.2, -0.15) is 5.10 Å². The standard InChI is InChI=1S/C11H18N4O4/c1-3-5-8-10(15(18)19)11(14(2)13-8)12-7-4-6-9(16)17/h12H,3-7H2,1-2H3,(H,16,17). The van der Waals surface area contributed by atoms with Crippen molar-refractivity contribution in [2.75, 3.05) is 11.9 Å². The molecule has 19 heavy (non-hydrogen) atoms. The van der Waals surface area contributed by atoms with Crippen molar-refractivity contribution >= 4 is 17.5 Å². The minimum atomic E-state index is -0.882. The van der Waals surface area contributed by atoms with Gasteiger partial charge in [0.05, 0.1) is 4.92 Å². The fourth-order valence-corrected chi connectivity index (χ4v) is 1.81. The molecule has 1 heterocycles. The summed E-state index contributed by atoms with van der Waals surface area (Å²) in [6, 6.07) is 0. The van der Waals surface area contributed by atoms with Crippen molar-refractivity contribution in [3.8, 4) is 0 Å². The van der Waals surface area contributed by atoms with Crippen LogP contribution in [0.2, 0.25) is 0 Å². The molecule has 0 fully saturated rings.